The Morgan fingerprint density at radius 2 is 1.74 bits per heavy atom. The maximum absolute atomic E-state index is 5.78. The molecule has 0 amide bonds. The normalized spacial score (nSPS) is 10.4. The summed E-state index contributed by atoms with van der Waals surface area (Å²) in [5, 5.41) is 3.52. The van der Waals surface area contributed by atoms with Gasteiger partial charge in [0.05, 0.1) is 13.7 Å². The Bertz CT molecular complexity index is 617. The first-order valence-electron chi connectivity index (χ1n) is 8.25. The molecule has 2 aromatic carbocycles. The highest BCUT2D eigenvalue weighted by Crippen LogP contribution is 2.29. The molecule has 0 heterocycles. The van der Waals surface area contributed by atoms with E-state index in [2.05, 4.69) is 50.4 Å². The first-order valence-corrected chi connectivity index (χ1v) is 8.25. The molecule has 0 spiro atoms. The van der Waals surface area contributed by atoms with Crippen LogP contribution in [0.3, 0.4) is 0 Å². The fourth-order valence-electron chi connectivity index (χ4n) is 2.55. The molecule has 3 heteroatoms. The quantitative estimate of drug-likeness (QED) is 0.687. The maximum Gasteiger partial charge on any atom is 0.161 e. The van der Waals surface area contributed by atoms with E-state index >= 15 is 0 Å². The van der Waals surface area contributed by atoms with Crippen molar-refractivity contribution in [3.8, 4) is 11.5 Å². The summed E-state index contributed by atoms with van der Waals surface area (Å²) in [7, 11) is 1.69. The molecule has 0 saturated heterocycles. The van der Waals surface area contributed by atoms with Gasteiger partial charge in [0, 0.05) is 12.2 Å². The molecule has 2 aromatic rings. The van der Waals surface area contributed by atoms with E-state index in [4.69, 9.17) is 9.47 Å². The number of para-hydroxylation sites is 1. The van der Waals surface area contributed by atoms with Crippen molar-refractivity contribution in [2.45, 2.75) is 40.2 Å². The van der Waals surface area contributed by atoms with E-state index in [1.807, 2.05) is 12.1 Å². The largest absolute Gasteiger partial charge is 0.493 e. The van der Waals surface area contributed by atoms with Crippen molar-refractivity contribution in [3.05, 3.63) is 53.1 Å². The number of hydrogen-bond donors (Lipinski definition) is 1. The lowest BCUT2D eigenvalue weighted by Gasteiger charge is -2.15. The Morgan fingerprint density at radius 1 is 1.00 bits per heavy atom. The van der Waals surface area contributed by atoms with E-state index in [9.17, 15) is 0 Å². The Balaban J connectivity index is 2.06. The third kappa shape index (κ3) is 4.65. The lowest BCUT2D eigenvalue weighted by molar-refractivity contribution is 0.288. The molecule has 124 valence electrons. The van der Waals surface area contributed by atoms with Gasteiger partial charge in [-0.15, -0.1) is 0 Å². The van der Waals surface area contributed by atoms with E-state index in [0.29, 0.717) is 0 Å². The first-order chi connectivity index (χ1) is 11.2. The summed E-state index contributed by atoms with van der Waals surface area (Å²) < 4.78 is 11.2. The van der Waals surface area contributed by atoms with Gasteiger partial charge in [0.25, 0.3) is 0 Å². The second-order valence-electron chi connectivity index (χ2n) is 5.81. The van der Waals surface area contributed by atoms with Crippen LogP contribution in [-0.2, 0) is 6.54 Å². The third-order valence-corrected chi connectivity index (χ3v) is 3.93. The van der Waals surface area contributed by atoms with Crippen LogP contribution in [0.2, 0.25) is 0 Å². The molecular formula is C20H27NO2. The van der Waals surface area contributed by atoms with Crippen LogP contribution in [0.4, 0.5) is 5.69 Å². The molecule has 0 aliphatic carbocycles. The zero-order valence-electron chi connectivity index (χ0n) is 14.6. The number of ether oxygens (including phenoxy) is 2. The van der Waals surface area contributed by atoms with Crippen LogP contribution in [0.1, 0.15) is 36.5 Å². The highest BCUT2D eigenvalue weighted by Gasteiger charge is 2.07. The summed E-state index contributed by atoms with van der Waals surface area (Å²) >= 11 is 0. The predicted octanol–water partition coefficient (Wildman–Crippen LogP) is 5.10. The lowest BCUT2D eigenvalue weighted by atomic mass is 10.1. The van der Waals surface area contributed by atoms with Gasteiger partial charge in [-0.1, -0.05) is 37.6 Å². The third-order valence-electron chi connectivity index (χ3n) is 3.93. The monoisotopic (exact) mass is 313 g/mol. The first kappa shape index (κ1) is 17.2. The number of nitrogens with one attached hydrogen (secondary N) is 1. The zero-order chi connectivity index (χ0) is 16.7. The van der Waals surface area contributed by atoms with Crippen LogP contribution in [0.5, 0.6) is 11.5 Å². The van der Waals surface area contributed by atoms with Gasteiger partial charge in [-0.3, -0.25) is 0 Å². The van der Waals surface area contributed by atoms with Crippen LogP contribution >= 0.6 is 0 Å². The van der Waals surface area contributed by atoms with Crippen molar-refractivity contribution in [2.24, 2.45) is 0 Å². The van der Waals surface area contributed by atoms with E-state index in [-0.39, 0.29) is 0 Å². The standard InChI is InChI=1S/C20H27NO2/c1-5-6-12-23-18-11-10-17(13-19(18)22-4)14-21-20-15(2)8-7-9-16(20)3/h7-11,13,21H,5-6,12,14H2,1-4H3. The molecule has 0 unspecified atom stereocenters. The van der Waals surface area contributed by atoms with Crippen molar-refractivity contribution in [1.29, 1.82) is 0 Å². The number of hydrogen-bond acceptors (Lipinski definition) is 3. The van der Waals surface area contributed by atoms with Crippen LogP contribution in [-0.4, -0.2) is 13.7 Å². The molecule has 1 N–H and O–H groups in total. The number of anilines is 1. The fraction of sp³-hybridized carbons (Fsp3) is 0.400. The van der Waals surface area contributed by atoms with Gasteiger partial charge < -0.3 is 14.8 Å². The van der Waals surface area contributed by atoms with Crippen molar-refractivity contribution < 1.29 is 9.47 Å². The Hall–Kier alpha value is -2.16. The minimum atomic E-state index is 0.729. The summed E-state index contributed by atoms with van der Waals surface area (Å²) in [6.07, 6.45) is 2.18. The minimum absolute atomic E-state index is 0.729. The van der Waals surface area contributed by atoms with E-state index in [1.165, 1.54) is 22.4 Å². The summed E-state index contributed by atoms with van der Waals surface area (Å²) in [6, 6.07) is 12.5. The molecular weight excluding hydrogens is 286 g/mol. The van der Waals surface area contributed by atoms with Gasteiger partial charge in [-0.05, 0) is 49.1 Å². The second kappa shape index (κ2) is 8.47. The van der Waals surface area contributed by atoms with Crippen molar-refractivity contribution in [2.75, 3.05) is 19.0 Å². The SMILES string of the molecule is CCCCOc1ccc(CNc2c(C)cccc2C)cc1OC. The summed E-state index contributed by atoms with van der Waals surface area (Å²) in [5.41, 5.74) is 4.90. The highest BCUT2D eigenvalue weighted by atomic mass is 16.5. The van der Waals surface area contributed by atoms with E-state index in [1.54, 1.807) is 7.11 Å². The van der Waals surface area contributed by atoms with Gasteiger partial charge >= 0.3 is 0 Å². The number of benzene rings is 2. The van der Waals surface area contributed by atoms with E-state index < -0.39 is 0 Å². The van der Waals surface area contributed by atoms with Crippen molar-refractivity contribution in [1.82, 2.24) is 0 Å². The number of methoxy groups -OCH3 is 1. The molecule has 0 saturated carbocycles. The van der Waals surface area contributed by atoms with Gasteiger partial charge in [0.2, 0.25) is 0 Å². The van der Waals surface area contributed by atoms with Crippen LogP contribution in [0, 0.1) is 13.8 Å². The summed E-state index contributed by atoms with van der Waals surface area (Å²) in [6.45, 7) is 7.90. The average Bonchev–Trinajstić information content (AvgIpc) is 2.55. The molecule has 0 aliphatic heterocycles. The lowest BCUT2D eigenvalue weighted by Crippen LogP contribution is -2.04. The molecule has 0 aliphatic rings. The smallest absolute Gasteiger partial charge is 0.161 e. The molecule has 0 fully saturated rings. The van der Waals surface area contributed by atoms with Crippen molar-refractivity contribution >= 4 is 5.69 Å². The summed E-state index contributed by atoms with van der Waals surface area (Å²) in [4.78, 5) is 0. The highest BCUT2D eigenvalue weighted by molar-refractivity contribution is 5.57. The molecule has 3 nitrogen and oxygen atoms in total. The van der Waals surface area contributed by atoms with E-state index in [0.717, 1.165) is 37.5 Å². The van der Waals surface area contributed by atoms with Crippen LogP contribution in [0.25, 0.3) is 0 Å². The topological polar surface area (TPSA) is 30.5 Å². The van der Waals surface area contributed by atoms with Gasteiger partial charge in [-0.25, -0.2) is 0 Å². The van der Waals surface area contributed by atoms with Crippen LogP contribution < -0.4 is 14.8 Å². The Labute approximate surface area is 139 Å². The fourth-order valence-corrected chi connectivity index (χ4v) is 2.55. The predicted molar refractivity (Wildman–Crippen MR) is 96.6 cm³/mol. The van der Waals surface area contributed by atoms with Crippen LogP contribution in [0.15, 0.2) is 36.4 Å². The van der Waals surface area contributed by atoms with Crippen molar-refractivity contribution in [3.63, 3.8) is 0 Å². The molecule has 0 atom stereocenters. The molecule has 0 aromatic heterocycles. The molecule has 0 bridgehead atoms. The number of unbranched alkanes of at least 4 members (excludes halogenated alkanes) is 1. The molecule has 2 rings (SSSR count). The Kier molecular flexibility index (Phi) is 6.33. The average molecular weight is 313 g/mol. The summed E-state index contributed by atoms with van der Waals surface area (Å²) in [5.74, 6) is 1.61. The zero-order valence-corrected chi connectivity index (χ0v) is 14.6. The van der Waals surface area contributed by atoms with Gasteiger partial charge in [-0.2, -0.15) is 0 Å². The second-order valence-corrected chi connectivity index (χ2v) is 5.81. The van der Waals surface area contributed by atoms with Gasteiger partial charge in [0.15, 0.2) is 11.5 Å². The Morgan fingerprint density at radius 3 is 2.39 bits per heavy atom. The minimum Gasteiger partial charge on any atom is -0.493 e. The molecule has 23 heavy (non-hydrogen) atoms. The molecule has 0 radical (unpaired) electrons. The maximum atomic E-state index is 5.78. The number of aryl methyl sites for hydroxylation is 2. The number of rotatable bonds is 8. The van der Waals surface area contributed by atoms with Gasteiger partial charge in [0.1, 0.15) is 0 Å².